The lowest BCUT2D eigenvalue weighted by molar-refractivity contribution is 0.0954. The Bertz CT molecular complexity index is 517. The van der Waals surface area contributed by atoms with E-state index in [1.54, 1.807) is 31.3 Å². The molecule has 0 aromatic heterocycles. The molecule has 5 nitrogen and oxygen atoms in total. The van der Waals surface area contributed by atoms with Gasteiger partial charge in [0, 0.05) is 26.7 Å². The van der Waals surface area contributed by atoms with Gasteiger partial charge in [0.15, 0.2) is 5.96 Å². The number of carbonyl (C=O) groups excluding carboxylic acids is 1. The standard InChI is InChI=1S/C17H27ClN4O/c1-13(2)7-6-10-21-17(19-3)22-12-11-20-16(23)14-8-4-5-9-15(14)18/h4-5,8-9,13H,6-7,10-12H2,1-3H3,(H,20,23)(H2,19,21,22). The van der Waals surface area contributed by atoms with Crippen LogP contribution in [-0.2, 0) is 0 Å². The molecule has 3 N–H and O–H groups in total. The summed E-state index contributed by atoms with van der Waals surface area (Å²) < 4.78 is 0. The van der Waals surface area contributed by atoms with Crippen molar-refractivity contribution in [3.8, 4) is 0 Å². The van der Waals surface area contributed by atoms with Gasteiger partial charge in [-0.15, -0.1) is 0 Å². The van der Waals surface area contributed by atoms with Gasteiger partial charge in [0.2, 0.25) is 0 Å². The highest BCUT2D eigenvalue weighted by Crippen LogP contribution is 2.14. The molecule has 1 aromatic carbocycles. The van der Waals surface area contributed by atoms with Crippen LogP contribution in [0.25, 0.3) is 0 Å². The third-order valence-electron chi connectivity index (χ3n) is 3.30. The Balaban J connectivity index is 2.22. The van der Waals surface area contributed by atoms with E-state index in [4.69, 9.17) is 11.6 Å². The van der Waals surface area contributed by atoms with E-state index in [2.05, 4.69) is 34.8 Å². The zero-order chi connectivity index (χ0) is 17.1. The molecular weight excluding hydrogens is 312 g/mol. The molecule has 0 radical (unpaired) electrons. The van der Waals surface area contributed by atoms with Crippen LogP contribution in [0.3, 0.4) is 0 Å². The quantitative estimate of drug-likeness (QED) is 0.388. The number of benzene rings is 1. The zero-order valence-corrected chi connectivity index (χ0v) is 14.9. The molecule has 0 heterocycles. The van der Waals surface area contributed by atoms with Gasteiger partial charge in [0.05, 0.1) is 10.6 Å². The summed E-state index contributed by atoms with van der Waals surface area (Å²) in [6.07, 6.45) is 2.31. The Morgan fingerprint density at radius 1 is 1.13 bits per heavy atom. The average Bonchev–Trinajstić information content (AvgIpc) is 2.53. The second-order valence-electron chi connectivity index (χ2n) is 5.70. The third kappa shape index (κ3) is 7.88. The van der Waals surface area contributed by atoms with Crippen molar-refractivity contribution in [1.82, 2.24) is 16.0 Å². The predicted octanol–water partition coefficient (Wildman–Crippen LogP) is 2.67. The van der Waals surface area contributed by atoms with Crippen LogP contribution in [-0.4, -0.2) is 38.5 Å². The first-order valence-corrected chi connectivity index (χ1v) is 8.39. The summed E-state index contributed by atoms with van der Waals surface area (Å²) in [4.78, 5) is 16.1. The number of amides is 1. The molecule has 0 spiro atoms. The minimum absolute atomic E-state index is 0.169. The van der Waals surface area contributed by atoms with E-state index in [-0.39, 0.29) is 5.91 Å². The first-order valence-electron chi connectivity index (χ1n) is 8.01. The summed E-state index contributed by atoms with van der Waals surface area (Å²) in [5.74, 6) is 1.30. The molecule has 0 aliphatic heterocycles. The highest BCUT2D eigenvalue weighted by atomic mass is 35.5. The monoisotopic (exact) mass is 338 g/mol. The minimum atomic E-state index is -0.169. The lowest BCUT2D eigenvalue weighted by atomic mass is 10.1. The number of nitrogens with one attached hydrogen (secondary N) is 3. The van der Waals surface area contributed by atoms with Gasteiger partial charge in [-0.3, -0.25) is 9.79 Å². The van der Waals surface area contributed by atoms with Gasteiger partial charge >= 0.3 is 0 Å². The number of hydrogen-bond donors (Lipinski definition) is 3. The number of carbonyl (C=O) groups is 1. The largest absolute Gasteiger partial charge is 0.356 e. The van der Waals surface area contributed by atoms with Crippen LogP contribution in [0.2, 0.25) is 5.02 Å². The third-order valence-corrected chi connectivity index (χ3v) is 3.63. The highest BCUT2D eigenvalue weighted by Gasteiger charge is 2.08. The molecule has 1 amide bonds. The molecule has 0 bridgehead atoms. The van der Waals surface area contributed by atoms with Crippen LogP contribution >= 0.6 is 11.6 Å². The van der Waals surface area contributed by atoms with Crippen molar-refractivity contribution in [2.45, 2.75) is 26.7 Å². The fraction of sp³-hybridized carbons (Fsp3) is 0.529. The Hall–Kier alpha value is -1.75. The first-order chi connectivity index (χ1) is 11.0. The summed E-state index contributed by atoms with van der Waals surface area (Å²) in [5, 5.41) is 9.72. The van der Waals surface area contributed by atoms with Crippen molar-refractivity contribution in [1.29, 1.82) is 0 Å². The van der Waals surface area contributed by atoms with Gasteiger partial charge in [-0.2, -0.15) is 0 Å². The van der Waals surface area contributed by atoms with Crippen LogP contribution < -0.4 is 16.0 Å². The topological polar surface area (TPSA) is 65.5 Å². The van der Waals surface area contributed by atoms with Crippen molar-refractivity contribution in [3.05, 3.63) is 34.9 Å². The first kappa shape index (κ1) is 19.3. The predicted molar refractivity (Wildman–Crippen MR) is 97.2 cm³/mol. The summed E-state index contributed by atoms with van der Waals surface area (Å²) in [6.45, 7) is 6.42. The second kappa shape index (κ2) is 10.9. The SMILES string of the molecule is CN=C(NCCCC(C)C)NCCNC(=O)c1ccccc1Cl. The molecule has 0 aliphatic rings. The van der Waals surface area contributed by atoms with E-state index in [0.29, 0.717) is 29.6 Å². The minimum Gasteiger partial charge on any atom is -0.356 e. The lowest BCUT2D eigenvalue weighted by Gasteiger charge is -2.13. The summed E-state index contributed by atoms with van der Waals surface area (Å²) in [5.41, 5.74) is 0.491. The highest BCUT2D eigenvalue weighted by molar-refractivity contribution is 6.33. The van der Waals surface area contributed by atoms with E-state index in [9.17, 15) is 4.79 Å². The maximum absolute atomic E-state index is 12.0. The number of rotatable bonds is 8. The Morgan fingerprint density at radius 3 is 2.43 bits per heavy atom. The van der Waals surface area contributed by atoms with Gasteiger partial charge in [-0.05, 0) is 30.9 Å². The Labute approximate surface area is 143 Å². The van der Waals surface area contributed by atoms with Gasteiger partial charge in [-0.1, -0.05) is 37.6 Å². The molecule has 0 atom stereocenters. The fourth-order valence-corrected chi connectivity index (χ4v) is 2.26. The molecule has 6 heteroatoms. The molecule has 0 unspecified atom stereocenters. The van der Waals surface area contributed by atoms with E-state index in [1.807, 2.05) is 0 Å². The molecular formula is C17H27ClN4O. The van der Waals surface area contributed by atoms with Gasteiger partial charge in [0.1, 0.15) is 0 Å². The van der Waals surface area contributed by atoms with Crippen molar-refractivity contribution in [2.75, 3.05) is 26.7 Å². The van der Waals surface area contributed by atoms with Crippen LogP contribution in [0.15, 0.2) is 29.3 Å². The normalized spacial score (nSPS) is 11.4. The van der Waals surface area contributed by atoms with Crippen molar-refractivity contribution in [2.24, 2.45) is 10.9 Å². The molecule has 0 aliphatic carbocycles. The van der Waals surface area contributed by atoms with Crippen molar-refractivity contribution < 1.29 is 4.79 Å². The van der Waals surface area contributed by atoms with E-state index < -0.39 is 0 Å². The van der Waals surface area contributed by atoms with E-state index in [0.717, 1.165) is 18.9 Å². The van der Waals surface area contributed by atoms with Crippen molar-refractivity contribution in [3.63, 3.8) is 0 Å². The molecule has 0 saturated heterocycles. The number of aliphatic imine (C=N–C) groups is 1. The molecule has 0 saturated carbocycles. The molecule has 128 valence electrons. The molecule has 23 heavy (non-hydrogen) atoms. The number of guanidine groups is 1. The summed E-state index contributed by atoms with van der Waals surface area (Å²) >= 11 is 5.99. The average molecular weight is 339 g/mol. The van der Waals surface area contributed by atoms with Gasteiger partial charge in [0.25, 0.3) is 5.91 Å². The van der Waals surface area contributed by atoms with Gasteiger partial charge < -0.3 is 16.0 Å². The van der Waals surface area contributed by atoms with E-state index in [1.165, 1.54) is 6.42 Å². The van der Waals surface area contributed by atoms with Crippen LogP contribution in [0.5, 0.6) is 0 Å². The Morgan fingerprint density at radius 2 is 1.78 bits per heavy atom. The molecule has 1 aromatic rings. The Kier molecular flexibility index (Phi) is 9.14. The van der Waals surface area contributed by atoms with Gasteiger partial charge in [-0.25, -0.2) is 0 Å². The van der Waals surface area contributed by atoms with Crippen LogP contribution in [0, 0.1) is 5.92 Å². The molecule has 0 fully saturated rings. The maximum Gasteiger partial charge on any atom is 0.252 e. The lowest BCUT2D eigenvalue weighted by Crippen LogP contribution is -2.41. The van der Waals surface area contributed by atoms with E-state index >= 15 is 0 Å². The van der Waals surface area contributed by atoms with Crippen LogP contribution in [0.1, 0.15) is 37.0 Å². The van der Waals surface area contributed by atoms with Crippen LogP contribution in [0.4, 0.5) is 0 Å². The smallest absolute Gasteiger partial charge is 0.252 e. The fourth-order valence-electron chi connectivity index (χ4n) is 2.04. The number of halogens is 1. The summed E-state index contributed by atoms with van der Waals surface area (Å²) in [6, 6.07) is 7.01. The van der Waals surface area contributed by atoms with Crippen molar-refractivity contribution >= 4 is 23.5 Å². The maximum atomic E-state index is 12.0. The second-order valence-corrected chi connectivity index (χ2v) is 6.10. The molecule has 1 rings (SSSR count). The number of nitrogens with zero attached hydrogens (tertiary/aromatic N) is 1. The zero-order valence-electron chi connectivity index (χ0n) is 14.2. The number of hydrogen-bond acceptors (Lipinski definition) is 2. The summed E-state index contributed by atoms with van der Waals surface area (Å²) in [7, 11) is 1.74.